The lowest BCUT2D eigenvalue weighted by Gasteiger charge is -2.30. The summed E-state index contributed by atoms with van der Waals surface area (Å²) in [4.78, 5) is 14.9. The van der Waals surface area contributed by atoms with Gasteiger partial charge in [0.2, 0.25) is 5.88 Å². The fraction of sp³-hybridized carbons (Fsp3) is 0.684. The van der Waals surface area contributed by atoms with E-state index in [1.165, 1.54) is 24.0 Å². The molecule has 2 fully saturated rings. The largest absolute Gasteiger partial charge is 0.470 e. The lowest BCUT2D eigenvalue weighted by molar-refractivity contribution is -0.109. The van der Waals surface area contributed by atoms with Gasteiger partial charge in [-0.1, -0.05) is 0 Å². The average molecular weight is 332 g/mol. The van der Waals surface area contributed by atoms with Gasteiger partial charge in [0.05, 0.1) is 12.7 Å². The van der Waals surface area contributed by atoms with E-state index in [4.69, 9.17) is 9.47 Å². The highest BCUT2D eigenvalue weighted by Gasteiger charge is 2.27. The summed E-state index contributed by atoms with van der Waals surface area (Å²) in [7, 11) is 0. The van der Waals surface area contributed by atoms with E-state index in [1.54, 1.807) is 6.20 Å². The van der Waals surface area contributed by atoms with Crippen LogP contribution < -0.4 is 10.1 Å². The van der Waals surface area contributed by atoms with Gasteiger partial charge >= 0.3 is 0 Å². The van der Waals surface area contributed by atoms with E-state index >= 15 is 0 Å². The van der Waals surface area contributed by atoms with Crippen LogP contribution >= 0.6 is 0 Å². The lowest BCUT2D eigenvalue weighted by Crippen LogP contribution is -2.31. The summed E-state index contributed by atoms with van der Waals surface area (Å²) < 4.78 is 11.7. The van der Waals surface area contributed by atoms with Gasteiger partial charge < -0.3 is 14.8 Å². The summed E-state index contributed by atoms with van der Waals surface area (Å²) in [5, 5.41) is 3.49. The summed E-state index contributed by atoms with van der Waals surface area (Å²) in [6.07, 6.45) is 9.75. The summed E-state index contributed by atoms with van der Waals surface area (Å²) >= 11 is 0. The first-order chi connectivity index (χ1) is 11.8. The van der Waals surface area contributed by atoms with Gasteiger partial charge in [0.25, 0.3) is 0 Å². The Kier molecular flexibility index (Phi) is 6.21. The molecule has 24 heavy (non-hydrogen) atoms. The van der Waals surface area contributed by atoms with Crippen molar-refractivity contribution < 1.29 is 14.3 Å². The molecule has 0 amide bonds. The lowest BCUT2D eigenvalue weighted by atomic mass is 9.81. The molecular formula is C19H28N2O3. The van der Waals surface area contributed by atoms with Crippen LogP contribution in [0.15, 0.2) is 12.3 Å². The normalized spacial score (nSPS) is 27.1. The molecule has 1 aliphatic heterocycles. The highest BCUT2D eigenvalue weighted by Crippen LogP contribution is 2.39. The molecule has 1 aromatic rings. The molecule has 132 valence electrons. The molecule has 1 aromatic heterocycles. The summed E-state index contributed by atoms with van der Waals surface area (Å²) in [5.41, 5.74) is 2.38. The Balaban J connectivity index is 1.55. The number of nitrogens with zero attached hydrogens (tertiary/aromatic N) is 1. The highest BCUT2D eigenvalue weighted by atomic mass is 16.5. The van der Waals surface area contributed by atoms with Gasteiger partial charge in [-0.2, -0.15) is 0 Å². The zero-order chi connectivity index (χ0) is 16.8. The van der Waals surface area contributed by atoms with Crippen molar-refractivity contribution in [2.24, 2.45) is 0 Å². The number of nitrogens with one attached hydrogen (secondary N) is 1. The van der Waals surface area contributed by atoms with Gasteiger partial charge in [-0.15, -0.1) is 0 Å². The molecule has 1 N–H and O–H groups in total. The molecule has 2 aliphatic rings. The SMILES string of the molecule is Cc1ccnc(OCC=O)c1[C@H]1CC[C@@H](OCC2CCCN2)CC1. The van der Waals surface area contributed by atoms with Crippen LogP contribution in [0, 0.1) is 6.92 Å². The van der Waals surface area contributed by atoms with Crippen LogP contribution in [0.5, 0.6) is 5.88 Å². The number of ether oxygens (including phenoxy) is 2. The fourth-order valence-electron chi connectivity index (χ4n) is 3.94. The van der Waals surface area contributed by atoms with Crippen LogP contribution in [-0.4, -0.2) is 43.2 Å². The van der Waals surface area contributed by atoms with Crippen LogP contribution in [-0.2, 0) is 9.53 Å². The van der Waals surface area contributed by atoms with Crippen molar-refractivity contribution in [3.8, 4) is 5.88 Å². The molecule has 1 unspecified atom stereocenters. The minimum absolute atomic E-state index is 0.0658. The van der Waals surface area contributed by atoms with Crippen molar-refractivity contribution in [2.75, 3.05) is 19.8 Å². The smallest absolute Gasteiger partial charge is 0.217 e. The average Bonchev–Trinajstić information content (AvgIpc) is 3.12. The van der Waals surface area contributed by atoms with Crippen molar-refractivity contribution >= 4 is 6.29 Å². The molecule has 0 aromatic carbocycles. The van der Waals surface area contributed by atoms with Crippen LogP contribution in [0.1, 0.15) is 55.6 Å². The Morgan fingerprint density at radius 2 is 2.12 bits per heavy atom. The molecule has 5 heteroatoms. The second-order valence-corrected chi connectivity index (χ2v) is 6.92. The molecule has 2 heterocycles. The summed E-state index contributed by atoms with van der Waals surface area (Å²) in [6, 6.07) is 2.57. The van der Waals surface area contributed by atoms with Gasteiger partial charge in [-0.3, -0.25) is 4.79 Å². The van der Waals surface area contributed by atoms with Crippen molar-refractivity contribution in [1.29, 1.82) is 0 Å². The molecule has 1 saturated carbocycles. The van der Waals surface area contributed by atoms with E-state index in [-0.39, 0.29) is 6.61 Å². The Bertz CT molecular complexity index is 535. The number of carbonyl (C=O) groups excluding carboxylic acids is 1. The van der Waals surface area contributed by atoms with Gasteiger partial charge in [0.15, 0.2) is 6.29 Å². The third kappa shape index (κ3) is 4.33. The number of aryl methyl sites for hydroxylation is 1. The van der Waals surface area contributed by atoms with Crippen LogP contribution in [0.3, 0.4) is 0 Å². The molecule has 1 atom stereocenters. The third-order valence-corrected chi connectivity index (χ3v) is 5.24. The topological polar surface area (TPSA) is 60.5 Å². The first-order valence-corrected chi connectivity index (χ1v) is 9.15. The molecule has 3 rings (SSSR count). The van der Waals surface area contributed by atoms with Crippen molar-refractivity contribution in [2.45, 2.75) is 63.5 Å². The number of hydrogen-bond acceptors (Lipinski definition) is 5. The number of pyridine rings is 1. The third-order valence-electron chi connectivity index (χ3n) is 5.24. The maximum absolute atomic E-state index is 10.6. The molecule has 5 nitrogen and oxygen atoms in total. The van der Waals surface area contributed by atoms with Gasteiger partial charge in [0, 0.05) is 17.8 Å². The minimum atomic E-state index is 0.0658. The van der Waals surface area contributed by atoms with Gasteiger partial charge in [-0.25, -0.2) is 4.98 Å². The van der Waals surface area contributed by atoms with Gasteiger partial charge in [0.1, 0.15) is 6.61 Å². The number of aromatic nitrogens is 1. The predicted octanol–water partition coefficient (Wildman–Crippen LogP) is 2.76. The van der Waals surface area contributed by atoms with E-state index in [9.17, 15) is 4.79 Å². The second kappa shape index (κ2) is 8.58. The molecule has 0 bridgehead atoms. The molecule has 1 saturated heterocycles. The molecule has 1 aliphatic carbocycles. The number of rotatable bonds is 7. The Hall–Kier alpha value is -1.46. The van der Waals surface area contributed by atoms with E-state index in [0.29, 0.717) is 23.9 Å². The molecule has 0 radical (unpaired) electrons. The van der Waals surface area contributed by atoms with E-state index in [2.05, 4.69) is 17.2 Å². The maximum Gasteiger partial charge on any atom is 0.217 e. The first kappa shape index (κ1) is 17.4. The first-order valence-electron chi connectivity index (χ1n) is 9.15. The zero-order valence-corrected chi connectivity index (χ0v) is 14.5. The van der Waals surface area contributed by atoms with Gasteiger partial charge in [-0.05, 0) is 69.5 Å². The number of aldehydes is 1. The molecular weight excluding hydrogens is 304 g/mol. The quantitative estimate of drug-likeness (QED) is 0.778. The highest BCUT2D eigenvalue weighted by molar-refractivity contribution is 5.51. The second-order valence-electron chi connectivity index (χ2n) is 6.92. The van der Waals surface area contributed by atoms with Crippen LogP contribution in [0.2, 0.25) is 0 Å². The van der Waals surface area contributed by atoms with Crippen molar-refractivity contribution in [3.63, 3.8) is 0 Å². The van der Waals surface area contributed by atoms with Crippen LogP contribution in [0.25, 0.3) is 0 Å². The Morgan fingerprint density at radius 3 is 2.83 bits per heavy atom. The van der Waals surface area contributed by atoms with E-state index in [0.717, 1.165) is 45.1 Å². The Labute approximate surface area is 144 Å². The number of carbonyl (C=O) groups is 1. The van der Waals surface area contributed by atoms with Crippen LogP contribution in [0.4, 0.5) is 0 Å². The van der Waals surface area contributed by atoms with Crippen molar-refractivity contribution in [3.05, 3.63) is 23.4 Å². The fourth-order valence-corrected chi connectivity index (χ4v) is 3.94. The van der Waals surface area contributed by atoms with E-state index < -0.39 is 0 Å². The summed E-state index contributed by atoms with van der Waals surface area (Å²) in [5.74, 6) is 1.08. The maximum atomic E-state index is 10.6. The standard InChI is InChI=1S/C19H28N2O3/c1-14-8-10-21-19(23-12-11-22)18(14)15-4-6-17(7-5-15)24-13-16-3-2-9-20-16/h8,10-11,15-17,20H,2-7,9,12-13H2,1H3/t15-,16?,17+. The monoisotopic (exact) mass is 332 g/mol. The minimum Gasteiger partial charge on any atom is -0.470 e. The summed E-state index contributed by atoms with van der Waals surface area (Å²) in [6.45, 7) is 4.13. The zero-order valence-electron chi connectivity index (χ0n) is 14.5. The van der Waals surface area contributed by atoms with Crippen molar-refractivity contribution in [1.82, 2.24) is 10.3 Å². The predicted molar refractivity (Wildman–Crippen MR) is 92.5 cm³/mol. The molecule has 0 spiro atoms. The Morgan fingerprint density at radius 1 is 1.29 bits per heavy atom. The number of hydrogen-bond donors (Lipinski definition) is 1. The van der Waals surface area contributed by atoms with E-state index in [1.807, 2.05) is 6.07 Å².